The molecular weight excluding hydrogens is 322 g/mol. The number of benzene rings is 1. The normalized spacial score (nSPS) is 17.8. The van der Waals surface area contributed by atoms with Gasteiger partial charge in [-0.3, -0.25) is 0 Å². The molecule has 0 radical (unpaired) electrons. The second-order valence-electron chi connectivity index (χ2n) is 5.92. The first kappa shape index (κ1) is 16.9. The van der Waals surface area contributed by atoms with Gasteiger partial charge in [-0.25, -0.2) is 9.78 Å². The Morgan fingerprint density at radius 1 is 1.42 bits per heavy atom. The maximum atomic E-state index is 12.4. The summed E-state index contributed by atoms with van der Waals surface area (Å²) in [5.41, 5.74) is 2.43. The van der Waals surface area contributed by atoms with Gasteiger partial charge in [0, 0.05) is 17.6 Å². The number of thiazole rings is 1. The van der Waals surface area contributed by atoms with Gasteiger partial charge in [0.2, 0.25) is 0 Å². The molecule has 2 aromatic rings. The van der Waals surface area contributed by atoms with Crippen LogP contribution in [0.2, 0.25) is 0 Å². The average molecular weight is 345 g/mol. The fourth-order valence-electron chi connectivity index (χ4n) is 2.75. The number of morpholine rings is 1. The number of amides is 2. The largest absolute Gasteiger partial charge is 0.370 e. The fourth-order valence-corrected chi connectivity index (χ4v) is 3.48. The van der Waals surface area contributed by atoms with E-state index in [4.69, 9.17) is 4.74 Å². The summed E-state index contributed by atoms with van der Waals surface area (Å²) in [6, 6.07) is 8.40. The van der Waals surface area contributed by atoms with E-state index in [0.717, 1.165) is 21.9 Å². The van der Waals surface area contributed by atoms with Crippen LogP contribution in [-0.2, 0) is 17.7 Å². The fraction of sp³-hybridized carbons (Fsp3) is 0.444. The number of nitrogens with one attached hydrogen (secondary N) is 1. The van der Waals surface area contributed by atoms with Gasteiger partial charge in [0.05, 0.1) is 19.7 Å². The van der Waals surface area contributed by atoms with Gasteiger partial charge in [0.15, 0.2) is 0 Å². The molecule has 2 heterocycles. The Kier molecular flexibility index (Phi) is 5.48. The summed E-state index contributed by atoms with van der Waals surface area (Å²) < 4.78 is 5.85. The smallest absolute Gasteiger partial charge is 0.317 e. The topological polar surface area (TPSA) is 54.5 Å². The van der Waals surface area contributed by atoms with E-state index in [2.05, 4.69) is 41.5 Å². The highest BCUT2D eigenvalue weighted by Gasteiger charge is 2.25. The highest BCUT2D eigenvalue weighted by Crippen LogP contribution is 2.23. The number of urea groups is 1. The van der Waals surface area contributed by atoms with Crippen molar-refractivity contribution in [3.8, 4) is 0 Å². The molecule has 1 saturated heterocycles. The van der Waals surface area contributed by atoms with E-state index >= 15 is 0 Å². The minimum atomic E-state index is -0.0579. The molecule has 24 heavy (non-hydrogen) atoms. The lowest BCUT2D eigenvalue weighted by atomic mass is 10.0. The van der Waals surface area contributed by atoms with Gasteiger partial charge in [-0.15, -0.1) is 11.3 Å². The first-order valence-corrected chi connectivity index (χ1v) is 9.12. The Labute approximate surface area is 146 Å². The summed E-state index contributed by atoms with van der Waals surface area (Å²) >= 11 is 1.61. The van der Waals surface area contributed by atoms with Gasteiger partial charge >= 0.3 is 6.03 Å². The molecule has 0 bridgehead atoms. The van der Waals surface area contributed by atoms with Crippen molar-refractivity contribution in [1.29, 1.82) is 0 Å². The summed E-state index contributed by atoms with van der Waals surface area (Å²) in [7, 11) is 0. The van der Waals surface area contributed by atoms with E-state index < -0.39 is 0 Å². The Balaban J connectivity index is 1.56. The highest BCUT2D eigenvalue weighted by atomic mass is 32.1. The zero-order chi connectivity index (χ0) is 16.9. The average Bonchev–Trinajstić information content (AvgIpc) is 3.05. The zero-order valence-corrected chi connectivity index (χ0v) is 14.9. The van der Waals surface area contributed by atoms with Crippen LogP contribution < -0.4 is 5.32 Å². The molecule has 1 aromatic heterocycles. The molecule has 1 aromatic carbocycles. The first-order chi connectivity index (χ1) is 11.7. The Hall–Kier alpha value is -1.92. The quantitative estimate of drug-likeness (QED) is 0.925. The summed E-state index contributed by atoms with van der Waals surface area (Å²) in [5.74, 6) is 0. The van der Waals surface area contributed by atoms with E-state index in [9.17, 15) is 4.79 Å². The van der Waals surface area contributed by atoms with Crippen molar-refractivity contribution in [3.63, 3.8) is 0 Å². The number of carbonyl (C=O) groups is 1. The second kappa shape index (κ2) is 7.77. The molecule has 0 saturated carbocycles. The number of hydrogen-bond acceptors (Lipinski definition) is 4. The van der Waals surface area contributed by atoms with Crippen molar-refractivity contribution >= 4 is 17.4 Å². The Morgan fingerprint density at radius 2 is 2.21 bits per heavy atom. The molecule has 0 spiro atoms. The van der Waals surface area contributed by atoms with Crippen LogP contribution in [0.1, 0.15) is 34.0 Å². The van der Waals surface area contributed by atoms with E-state index in [1.165, 1.54) is 5.56 Å². The van der Waals surface area contributed by atoms with E-state index in [1.54, 1.807) is 11.3 Å². The maximum Gasteiger partial charge on any atom is 0.317 e. The van der Waals surface area contributed by atoms with Crippen molar-refractivity contribution in [1.82, 2.24) is 15.2 Å². The van der Waals surface area contributed by atoms with Gasteiger partial charge in [-0.1, -0.05) is 31.2 Å². The molecule has 5 nitrogen and oxygen atoms in total. The number of rotatable bonds is 4. The molecule has 2 amide bonds. The van der Waals surface area contributed by atoms with Crippen molar-refractivity contribution in [2.24, 2.45) is 0 Å². The van der Waals surface area contributed by atoms with Crippen LogP contribution in [0.5, 0.6) is 0 Å². The van der Waals surface area contributed by atoms with Gasteiger partial charge in [-0.2, -0.15) is 0 Å². The van der Waals surface area contributed by atoms with Crippen LogP contribution in [0.25, 0.3) is 0 Å². The molecule has 1 atom stereocenters. The Bertz CT molecular complexity index is 684. The lowest BCUT2D eigenvalue weighted by molar-refractivity contribution is -0.0154. The monoisotopic (exact) mass is 345 g/mol. The van der Waals surface area contributed by atoms with Crippen molar-refractivity contribution in [3.05, 3.63) is 51.5 Å². The summed E-state index contributed by atoms with van der Waals surface area (Å²) in [6.07, 6.45) is 2.80. The number of aryl methyl sites for hydroxylation is 2. The van der Waals surface area contributed by atoms with Crippen molar-refractivity contribution in [2.45, 2.75) is 32.9 Å². The van der Waals surface area contributed by atoms with Gasteiger partial charge in [0.1, 0.15) is 11.1 Å². The summed E-state index contributed by atoms with van der Waals surface area (Å²) in [4.78, 5) is 19.6. The third-order valence-corrected chi connectivity index (χ3v) is 5.09. The predicted molar refractivity (Wildman–Crippen MR) is 95.2 cm³/mol. The van der Waals surface area contributed by atoms with E-state index in [1.807, 2.05) is 18.0 Å². The molecular formula is C18H23N3O2S. The molecule has 1 fully saturated rings. The number of aromatic nitrogens is 1. The third kappa shape index (κ3) is 4.13. The van der Waals surface area contributed by atoms with Crippen LogP contribution in [0.4, 0.5) is 4.79 Å². The van der Waals surface area contributed by atoms with Crippen molar-refractivity contribution in [2.75, 3.05) is 19.7 Å². The van der Waals surface area contributed by atoms with Crippen LogP contribution >= 0.6 is 11.3 Å². The van der Waals surface area contributed by atoms with Crippen LogP contribution in [-0.4, -0.2) is 35.6 Å². The molecule has 6 heteroatoms. The van der Waals surface area contributed by atoms with E-state index in [-0.39, 0.29) is 12.1 Å². The first-order valence-electron chi connectivity index (χ1n) is 8.30. The predicted octanol–water partition coefficient (Wildman–Crippen LogP) is 3.30. The third-order valence-electron chi connectivity index (χ3n) is 4.17. The van der Waals surface area contributed by atoms with E-state index in [0.29, 0.717) is 26.2 Å². The number of nitrogens with zero attached hydrogens (tertiary/aromatic N) is 2. The minimum Gasteiger partial charge on any atom is -0.370 e. The lowest BCUT2D eigenvalue weighted by Crippen LogP contribution is -2.46. The lowest BCUT2D eigenvalue weighted by Gasteiger charge is -2.33. The molecule has 1 aliphatic rings. The molecule has 0 aliphatic carbocycles. The SMILES string of the molecule is CCc1ccc([C@@H]2CN(C(=O)NCc3ncc(C)s3)CCO2)cc1. The minimum absolute atomic E-state index is 0.0543. The van der Waals surface area contributed by atoms with Crippen LogP contribution in [0, 0.1) is 6.92 Å². The number of hydrogen-bond donors (Lipinski definition) is 1. The number of ether oxygens (including phenoxy) is 1. The van der Waals surface area contributed by atoms with Gasteiger partial charge in [-0.05, 0) is 24.5 Å². The molecule has 0 unspecified atom stereocenters. The second-order valence-corrected chi connectivity index (χ2v) is 7.24. The van der Waals surface area contributed by atoms with Crippen LogP contribution in [0.3, 0.4) is 0 Å². The Morgan fingerprint density at radius 3 is 2.88 bits per heavy atom. The standard InChI is InChI=1S/C18H23N3O2S/c1-3-14-4-6-15(7-5-14)16-12-21(8-9-23-16)18(22)20-11-17-19-10-13(2)24-17/h4-7,10,16H,3,8-9,11-12H2,1-2H3,(H,20,22)/t16-/m0/s1. The summed E-state index contributed by atoms with van der Waals surface area (Å²) in [5, 5.41) is 3.88. The van der Waals surface area contributed by atoms with Gasteiger partial charge < -0.3 is 15.0 Å². The zero-order valence-electron chi connectivity index (χ0n) is 14.1. The molecule has 128 valence electrons. The number of carbonyl (C=O) groups excluding carboxylic acids is 1. The molecule has 1 N–H and O–H groups in total. The van der Waals surface area contributed by atoms with Crippen LogP contribution in [0.15, 0.2) is 30.5 Å². The highest BCUT2D eigenvalue weighted by molar-refractivity contribution is 7.11. The maximum absolute atomic E-state index is 12.4. The van der Waals surface area contributed by atoms with Crippen molar-refractivity contribution < 1.29 is 9.53 Å². The summed E-state index contributed by atoms with van der Waals surface area (Å²) in [6.45, 7) is 6.39. The molecule has 3 rings (SSSR count). The van der Waals surface area contributed by atoms with Gasteiger partial charge in [0.25, 0.3) is 0 Å². The molecule has 1 aliphatic heterocycles.